The first-order valence-corrected chi connectivity index (χ1v) is 8.58. The van der Waals surface area contributed by atoms with Gasteiger partial charge in [0.15, 0.2) is 0 Å². The van der Waals surface area contributed by atoms with Crippen LogP contribution in [0.15, 0.2) is 64.6 Å². The van der Waals surface area contributed by atoms with E-state index in [-0.39, 0.29) is 23.6 Å². The number of hydrogen-bond acceptors (Lipinski definition) is 6. The molecule has 0 fully saturated rings. The van der Waals surface area contributed by atoms with E-state index >= 15 is 0 Å². The van der Waals surface area contributed by atoms with Crippen molar-refractivity contribution in [2.24, 2.45) is 15.9 Å². The Balaban J connectivity index is 2.27. The minimum Gasteiger partial charge on any atom is -0.508 e. The van der Waals surface area contributed by atoms with Gasteiger partial charge in [-0.1, -0.05) is 23.4 Å². The van der Waals surface area contributed by atoms with Crippen molar-refractivity contribution in [3.05, 3.63) is 81.8 Å². The summed E-state index contributed by atoms with van der Waals surface area (Å²) in [7, 11) is 0. The molecule has 0 aliphatic carbocycles. The van der Waals surface area contributed by atoms with Gasteiger partial charge in [-0.3, -0.25) is 4.99 Å². The number of allylic oxidation sites excluding steroid dienone is 5. The fourth-order valence-electron chi connectivity index (χ4n) is 3.18. The number of phenols is 1. The van der Waals surface area contributed by atoms with Crippen molar-refractivity contribution in [2.45, 2.75) is 13.0 Å². The molecular formula is C20H20FN5O2. The molecule has 28 heavy (non-hydrogen) atoms. The third-order valence-electron chi connectivity index (χ3n) is 4.40. The molecule has 0 radical (unpaired) electrons. The number of rotatable bonds is 5. The van der Waals surface area contributed by atoms with Gasteiger partial charge >= 0.3 is 0 Å². The Morgan fingerprint density at radius 2 is 2.18 bits per heavy atom. The van der Waals surface area contributed by atoms with E-state index in [1.54, 1.807) is 24.4 Å². The lowest BCUT2D eigenvalue weighted by molar-refractivity contribution is 0.467. The maximum Gasteiger partial charge on any atom is 0.132 e. The number of H-pyrrole nitrogens is 1. The number of halogens is 1. The van der Waals surface area contributed by atoms with Crippen LogP contribution in [0.3, 0.4) is 0 Å². The summed E-state index contributed by atoms with van der Waals surface area (Å²) in [6, 6.07) is 3.21. The van der Waals surface area contributed by atoms with E-state index < -0.39 is 11.9 Å². The van der Waals surface area contributed by atoms with Crippen molar-refractivity contribution in [3.8, 4) is 5.75 Å². The van der Waals surface area contributed by atoms with Crippen molar-refractivity contribution in [1.82, 2.24) is 4.98 Å². The van der Waals surface area contributed by atoms with Crippen LogP contribution >= 0.6 is 0 Å². The van der Waals surface area contributed by atoms with E-state index in [0.29, 0.717) is 28.2 Å². The number of fused-ring (bicyclic) bond motifs is 1. The number of aromatic hydroxyl groups is 1. The molecule has 3 rings (SSSR count). The van der Waals surface area contributed by atoms with Crippen LogP contribution in [0.4, 0.5) is 10.2 Å². The normalized spacial score (nSPS) is 18.4. The minimum absolute atomic E-state index is 0.176. The zero-order chi connectivity index (χ0) is 20.3. The molecule has 1 atom stereocenters. The molecule has 1 unspecified atom stereocenters. The lowest BCUT2D eigenvalue weighted by Gasteiger charge is -2.24. The molecule has 0 amide bonds. The van der Waals surface area contributed by atoms with Crippen LogP contribution in [0, 0.1) is 10.7 Å². The van der Waals surface area contributed by atoms with Crippen molar-refractivity contribution in [2.75, 3.05) is 12.3 Å². The second-order valence-electron chi connectivity index (χ2n) is 6.23. The number of nitrogens with zero attached hydrogens (tertiary/aromatic N) is 2. The van der Waals surface area contributed by atoms with Gasteiger partial charge in [0.05, 0.1) is 5.71 Å². The van der Waals surface area contributed by atoms with Gasteiger partial charge in [0.25, 0.3) is 0 Å². The molecule has 2 aromatic rings. The third-order valence-corrected chi connectivity index (χ3v) is 4.40. The molecule has 6 N–H and O–H groups in total. The van der Waals surface area contributed by atoms with Gasteiger partial charge in [-0.05, 0) is 25.1 Å². The Bertz CT molecular complexity index is 1030. The van der Waals surface area contributed by atoms with Crippen molar-refractivity contribution in [1.29, 1.82) is 0 Å². The average Bonchev–Trinajstić information content (AvgIpc) is 3.03. The molecule has 1 aromatic heterocycles. The number of nitrogens with one attached hydrogen (secondary N) is 1. The molecule has 1 aliphatic rings. The summed E-state index contributed by atoms with van der Waals surface area (Å²) < 4.78 is 14.6. The quantitative estimate of drug-likeness (QED) is 0.466. The fourth-order valence-corrected chi connectivity index (χ4v) is 3.18. The number of nitrogen functional groups attached to an aromatic ring is 1. The Kier molecular flexibility index (Phi) is 5.39. The number of nitroso groups, excluding NO2 is 1. The van der Waals surface area contributed by atoms with Crippen LogP contribution in [0.25, 0.3) is 5.57 Å². The maximum atomic E-state index is 14.6. The summed E-state index contributed by atoms with van der Waals surface area (Å²) in [5, 5.41) is 12.4. The van der Waals surface area contributed by atoms with Crippen molar-refractivity contribution in [3.63, 3.8) is 0 Å². The SMILES string of the molecule is C/C=C\C=C/C1=NC(c2ccc(O)cc2F)c2c[nH]c(N)c2/C1=C(\N)CN=O. The van der Waals surface area contributed by atoms with Crippen LogP contribution in [0.5, 0.6) is 5.75 Å². The van der Waals surface area contributed by atoms with Gasteiger partial charge in [0.2, 0.25) is 0 Å². The van der Waals surface area contributed by atoms with Crippen LogP contribution < -0.4 is 11.5 Å². The number of phenolic OH excluding ortho intramolecular Hbond substituents is 1. The van der Waals surface area contributed by atoms with E-state index in [9.17, 15) is 14.4 Å². The molecule has 7 nitrogen and oxygen atoms in total. The molecule has 144 valence electrons. The van der Waals surface area contributed by atoms with E-state index in [1.807, 2.05) is 13.0 Å². The molecule has 0 saturated heterocycles. The predicted octanol–water partition coefficient (Wildman–Crippen LogP) is 3.55. The molecule has 1 aromatic carbocycles. The molecule has 0 bridgehead atoms. The maximum absolute atomic E-state index is 14.6. The highest BCUT2D eigenvalue weighted by Crippen LogP contribution is 2.42. The first-order chi connectivity index (χ1) is 13.5. The Morgan fingerprint density at radius 3 is 2.86 bits per heavy atom. The standard InChI is InChI=1S/C20H20FN5O2/c1-2-3-4-5-16-18(15(22)10-25-28)17-13(9-24-20(17)23)19(26-16)12-7-6-11(27)8-14(12)21/h2-9,19,24,27H,10,22-23H2,1H3/b3-2-,5-4-,18-15-. The Labute approximate surface area is 161 Å². The van der Waals surface area contributed by atoms with E-state index in [4.69, 9.17) is 11.5 Å². The number of anilines is 1. The van der Waals surface area contributed by atoms with Gasteiger partial charge < -0.3 is 21.6 Å². The van der Waals surface area contributed by atoms with Crippen LogP contribution in [-0.4, -0.2) is 22.3 Å². The topological polar surface area (TPSA) is 130 Å². The number of aromatic nitrogens is 1. The summed E-state index contributed by atoms with van der Waals surface area (Å²) in [4.78, 5) is 18.4. The monoisotopic (exact) mass is 381 g/mol. The molecule has 2 heterocycles. The van der Waals surface area contributed by atoms with Gasteiger partial charge in [0.1, 0.15) is 30.0 Å². The zero-order valence-electron chi connectivity index (χ0n) is 15.2. The first kappa shape index (κ1) is 19.1. The van der Waals surface area contributed by atoms with Gasteiger partial charge in [-0.2, -0.15) is 4.91 Å². The second-order valence-corrected chi connectivity index (χ2v) is 6.23. The van der Waals surface area contributed by atoms with E-state index in [2.05, 4.69) is 15.2 Å². The van der Waals surface area contributed by atoms with Crippen LogP contribution in [0.1, 0.15) is 29.7 Å². The van der Waals surface area contributed by atoms with Crippen molar-refractivity contribution < 1.29 is 9.50 Å². The number of aromatic amines is 1. The summed E-state index contributed by atoms with van der Waals surface area (Å²) in [6.45, 7) is 1.64. The minimum atomic E-state index is -0.699. The Morgan fingerprint density at radius 1 is 1.39 bits per heavy atom. The van der Waals surface area contributed by atoms with Gasteiger partial charge in [0, 0.05) is 40.2 Å². The highest BCUT2D eigenvalue weighted by molar-refractivity contribution is 6.32. The molecule has 8 heteroatoms. The summed E-state index contributed by atoms with van der Waals surface area (Å²) in [5.41, 5.74) is 14.9. The summed E-state index contributed by atoms with van der Waals surface area (Å²) in [5.74, 6) is -0.439. The van der Waals surface area contributed by atoms with Crippen LogP contribution in [0.2, 0.25) is 0 Å². The first-order valence-electron chi connectivity index (χ1n) is 8.58. The number of hydrogen-bond donors (Lipinski definition) is 4. The number of aliphatic imine (C=N–C) groups is 1. The smallest absolute Gasteiger partial charge is 0.132 e. The van der Waals surface area contributed by atoms with Gasteiger partial charge in [-0.25, -0.2) is 4.39 Å². The highest BCUT2D eigenvalue weighted by Gasteiger charge is 2.32. The lowest BCUT2D eigenvalue weighted by atomic mass is 9.87. The summed E-state index contributed by atoms with van der Waals surface area (Å²) in [6.07, 6.45) is 8.76. The molecule has 1 aliphatic heterocycles. The zero-order valence-corrected chi connectivity index (χ0v) is 15.2. The predicted molar refractivity (Wildman–Crippen MR) is 108 cm³/mol. The highest BCUT2D eigenvalue weighted by atomic mass is 19.1. The molecule has 0 spiro atoms. The van der Waals surface area contributed by atoms with Crippen molar-refractivity contribution >= 4 is 17.1 Å². The van der Waals surface area contributed by atoms with E-state index in [1.165, 1.54) is 12.1 Å². The molecular weight excluding hydrogens is 361 g/mol. The van der Waals surface area contributed by atoms with E-state index in [0.717, 1.165) is 6.07 Å². The average molecular weight is 381 g/mol. The largest absolute Gasteiger partial charge is 0.508 e. The number of nitrogens with two attached hydrogens (primary N) is 2. The fraction of sp³-hybridized carbons (Fsp3) is 0.150. The molecule has 0 saturated carbocycles. The summed E-state index contributed by atoms with van der Waals surface area (Å²) >= 11 is 0. The third kappa shape index (κ3) is 3.44. The van der Waals surface area contributed by atoms with Crippen LogP contribution in [-0.2, 0) is 0 Å². The van der Waals surface area contributed by atoms with Gasteiger partial charge in [-0.15, -0.1) is 0 Å². The Hall–Kier alpha value is -3.68. The number of benzene rings is 1. The second kappa shape index (κ2) is 7.91. The lowest BCUT2D eigenvalue weighted by Crippen LogP contribution is -2.19.